The Hall–Kier alpha value is -1.07. The van der Waals surface area contributed by atoms with Crippen LogP contribution in [0, 0.1) is 0 Å². The van der Waals surface area contributed by atoms with Gasteiger partial charge in [-0.2, -0.15) is 13.2 Å². The highest BCUT2D eigenvalue weighted by atomic mass is 19.4. The Kier molecular flexibility index (Phi) is 2.47. The fourth-order valence-corrected chi connectivity index (χ4v) is 3.03. The zero-order valence-corrected chi connectivity index (χ0v) is 9.70. The average Bonchev–Trinajstić information content (AvgIpc) is 2.88. The molecule has 0 aliphatic carbocycles. The molecule has 1 aromatic rings. The number of alkyl halides is 3. The summed E-state index contributed by atoms with van der Waals surface area (Å²) in [4.78, 5) is 0. The normalized spacial score (nSPS) is 35.1. The largest absolute Gasteiger partial charge is 0.416 e. The second-order valence-electron chi connectivity index (χ2n) is 5.15. The van der Waals surface area contributed by atoms with Crippen molar-refractivity contribution in [1.29, 1.82) is 0 Å². The van der Waals surface area contributed by atoms with Crippen LogP contribution in [0.3, 0.4) is 0 Å². The molecule has 0 radical (unpaired) electrons. The summed E-state index contributed by atoms with van der Waals surface area (Å²) in [6.07, 6.45) is -1.97. The van der Waals surface area contributed by atoms with Crippen molar-refractivity contribution in [1.82, 2.24) is 0 Å². The van der Waals surface area contributed by atoms with Crippen LogP contribution in [0.4, 0.5) is 13.2 Å². The molecular formula is C13H14F3NO. The predicted octanol–water partition coefficient (Wildman–Crippen LogP) is 2.81. The summed E-state index contributed by atoms with van der Waals surface area (Å²) in [5, 5.41) is 0. The molecular weight excluding hydrogens is 243 g/mol. The highest BCUT2D eigenvalue weighted by Gasteiger charge is 2.51. The Bertz CT molecular complexity index is 474. The van der Waals surface area contributed by atoms with Crippen molar-refractivity contribution in [3.8, 4) is 0 Å². The van der Waals surface area contributed by atoms with E-state index in [9.17, 15) is 13.2 Å². The highest BCUT2D eigenvalue weighted by molar-refractivity contribution is 5.34. The van der Waals surface area contributed by atoms with Gasteiger partial charge in [0.05, 0.1) is 23.3 Å². The lowest BCUT2D eigenvalue weighted by molar-refractivity contribution is -0.137. The molecule has 0 aromatic heterocycles. The summed E-state index contributed by atoms with van der Waals surface area (Å²) in [5.41, 5.74) is 5.41. The number of halogens is 3. The second-order valence-corrected chi connectivity index (χ2v) is 5.15. The first-order valence-electron chi connectivity index (χ1n) is 6.02. The SMILES string of the molecule is NC1(c2cccc(C(F)(F)F)c2)CC2CCC1O2. The third kappa shape index (κ3) is 1.73. The summed E-state index contributed by atoms with van der Waals surface area (Å²) in [7, 11) is 0. The Morgan fingerprint density at radius 1 is 1.28 bits per heavy atom. The van der Waals surface area contributed by atoms with Gasteiger partial charge in [-0.1, -0.05) is 12.1 Å². The van der Waals surface area contributed by atoms with Gasteiger partial charge in [0.2, 0.25) is 0 Å². The van der Waals surface area contributed by atoms with E-state index in [-0.39, 0.29) is 12.2 Å². The summed E-state index contributed by atoms with van der Waals surface area (Å²) in [6.45, 7) is 0. The van der Waals surface area contributed by atoms with Crippen molar-refractivity contribution < 1.29 is 17.9 Å². The number of ether oxygens (including phenoxy) is 1. The monoisotopic (exact) mass is 257 g/mol. The van der Waals surface area contributed by atoms with E-state index in [1.807, 2.05) is 0 Å². The molecule has 5 heteroatoms. The zero-order valence-electron chi connectivity index (χ0n) is 9.70. The number of hydrogen-bond acceptors (Lipinski definition) is 2. The van der Waals surface area contributed by atoms with Gasteiger partial charge in [0, 0.05) is 0 Å². The van der Waals surface area contributed by atoms with E-state index in [4.69, 9.17) is 10.5 Å². The van der Waals surface area contributed by atoms with E-state index in [1.54, 1.807) is 6.07 Å². The summed E-state index contributed by atoms with van der Waals surface area (Å²) in [5.74, 6) is 0. The molecule has 3 unspecified atom stereocenters. The van der Waals surface area contributed by atoms with Crippen molar-refractivity contribution in [2.45, 2.75) is 43.2 Å². The van der Waals surface area contributed by atoms with Crippen LogP contribution in [0.2, 0.25) is 0 Å². The molecule has 2 heterocycles. The van der Waals surface area contributed by atoms with Crippen LogP contribution in [0.1, 0.15) is 30.4 Å². The molecule has 2 aliphatic heterocycles. The van der Waals surface area contributed by atoms with Crippen LogP contribution >= 0.6 is 0 Å². The Labute approximate surface area is 103 Å². The number of hydrogen-bond donors (Lipinski definition) is 1. The summed E-state index contributed by atoms with van der Waals surface area (Å²) in [6, 6.07) is 5.31. The van der Waals surface area contributed by atoms with Gasteiger partial charge in [-0.05, 0) is 37.0 Å². The molecule has 2 fully saturated rings. The Morgan fingerprint density at radius 2 is 2.06 bits per heavy atom. The molecule has 2 bridgehead atoms. The van der Waals surface area contributed by atoms with Crippen molar-refractivity contribution in [3.05, 3.63) is 35.4 Å². The highest BCUT2D eigenvalue weighted by Crippen LogP contribution is 2.46. The molecule has 3 atom stereocenters. The molecule has 2 saturated heterocycles. The molecule has 1 aromatic carbocycles. The molecule has 98 valence electrons. The van der Waals surface area contributed by atoms with E-state index < -0.39 is 17.3 Å². The summed E-state index contributed by atoms with van der Waals surface area (Å²) >= 11 is 0. The van der Waals surface area contributed by atoms with Crippen LogP contribution in [-0.2, 0) is 16.5 Å². The minimum atomic E-state index is -4.33. The van der Waals surface area contributed by atoms with Crippen LogP contribution in [0.15, 0.2) is 24.3 Å². The fraction of sp³-hybridized carbons (Fsp3) is 0.538. The first-order chi connectivity index (χ1) is 8.39. The molecule has 2 aliphatic rings. The molecule has 0 spiro atoms. The van der Waals surface area contributed by atoms with Crippen molar-refractivity contribution in [3.63, 3.8) is 0 Å². The lowest BCUT2D eigenvalue weighted by Gasteiger charge is -2.32. The lowest BCUT2D eigenvalue weighted by atomic mass is 9.77. The maximum atomic E-state index is 12.7. The molecule has 0 amide bonds. The molecule has 0 saturated carbocycles. The van der Waals surface area contributed by atoms with Gasteiger partial charge in [-0.25, -0.2) is 0 Å². The van der Waals surface area contributed by atoms with Gasteiger partial charge in [-0.15, -0.1) is 0 Å². The van der Waals surface area contributed by atoms with Crippen LogP contribution < -0.4 is 5.73 Å². The van der Waals surface area contributed by atoms with Gasteiger partial charge in [0.25, 0.3) is 0 Å². The number of nitrogens with two attached hydrogens (primary N) is 1. The first kappa shape index (κ1) is 12.0. The molecule has 3 rings (SSSR count). The first-order valence-corrected chi connectivity index (χ1v) is 6.02. The van der Waals surface area contributed by atoms with Gasteiger partial charge in [0.1, 0.15) is 0 Å². The fourth-order valence-electron chi connectivity index (χ4n) is 3.03. The van der Waals surface area contributed by atoms with E-state index in [0.717, 1.165) is 25.0 Å². The minimum Gasteiger partial charge on any atom is -0.373 e. The lowest BCUT2D eigenvalue weighted by Crippen LogP contribution is -2.45. The topological polar surface area (TPSA) is 35.2 Å². The zero-order chi connectivity index (χ0) is 13.0. The maximum absolute atomic E-state index is 12.7. The minimum absolute atomic E-state index is 0.106. The average molecular weight is 257 g/mol. The summed E-state index contributed by atoms with van der Waals surface area (Å²) < 4.78 is 43.7. The van der Waals surface area contributed by atoms with Gasteiger partial charge in [0.15, 0.2) is 0 Å². The van der Waals surface area contributed by atoms with E-state index in [0.29, 0.717) is 12.0 Å². The third-order valence-electron chi connectivity index (χ3n) is 3.97. The standard InChI is InChI=1S/C13H14F3NO/c14-13(15,16)9-3-1-2-8(6-9)12(17)7-10-4-5-11(12)18-10/h1-3,6,10-11H,4-5,7,17H2. The predicted molar refractivity (Wildman–Crippen MR) is 59.8 cm³/mol. The number of fused-ring (bicyclic) bond motifs is 2. The maximum Gasteiger partial charge on any atom is 0.416 e. The second kappa shape index (κ2) is 3.71. The van der Waals surface area contributed by atoms with Crippen molar-refractivity contribution in [2.75, 3.05) is 0 Å². The molecule has 2 nitrogen and oxygen atoms in total. The van der Waals surface area contributed by atoms with Crippen molar-refractivity contribution in [2.24, 2.45) is 5.73 Å². The Balaban J connectivity index is 1.98. The quantitative estimate of drug-likeness (QED) is 0.839. The van der Waals surface area contributed by atoms with E-state index in [2.05, 4.69) is 0 Å². The number of rotatable bonds is 1. The van der Waals surface area contributed by atoms with E-state index in [1.165, 1.54) is 6.07 Å². The van der Waals surface area contributed by atoms with Gasteiger partial charge in [-0.3, -0.25) is 0 Å². The van der Waals surface area contributed by atoms with E-state index >= 15 is 0 Å². The smallest absolute Gasteiger partial charge is 0.373 e. The Morgan fingerprint density at radius 3 is 2.61 bits per heavy atom. The van der Waals surface area contributed by atoms with Gasteiger partial charge < -0.3 is 10.5 Å². The third-order valence-corrected chi connectivity index (χ3v) is 3.97. The molecule has 18 heavy (non-hydrogen) atoms. The molecule has 2 N–H and O–H groups in total. The number of benzene rings is 1. The van der Waals surface area contributed by atoms with Crippen LogP contribution in [-0.4, -0.2) is 12.2 Å². The van der Waals surface area contributed by atoms with Gasteiger partial charge >= 0.3 is 6.18 Å². The van der Waals surface area contributed by atoms with Crippen LogP contribution in [0.5, 0.6) is 0 Å². The van der Waals surface area contributed by atoms with Crippen LogP contribution in [0.25, 0.3) is 0 Å². The van der Waals surface area contributed by atoms with Crippen molar-refractivity contribution >= 4 is 0 Å².